The van der Waals surface area contributed by atoms with Crippen molar-refractivity contribution in [2.75, 3.05) is 5.32 Å². The molecule has 2 aromatic rings. The maximum Gasteiger partial charge on any atom is 0.293 e. The number of phenolic OH excluding ortho intramolecular Hbond substituents is 1. The van der Waals surface area contributed by atoms with E-state index in [4.69, 9.17) is 0 Å². The molecule has 0 radical (unpaired) electrons. The summed E-state index contributed by atoms with van der Waals surface area (Å²) in [6.07, 6.45) is -1.01. The van der Waals surface area contributed by atoms with E-state index in [0.29, 0.717) is 5.56 Å². The molecular formula is C18H23N3O6S. The van der Waals surface area contributed by atoms with Crippen LogP contribution in [0.1, 0.15) is 32.4 Å². The third-order valence-electron chi connectivity index (χ3n) is 3.96. The number of hydrogen-bond acceptors (Lipinski definition) is 7. The number of nitrogens with zero attached hydrogens (tertiary/aromatic N) is 1. The SMILES string of the molecule is CC(C)NS(=O)(=O)c1ccc(N[C@H](C)[C@H](O)c2ccc(O)cc2)c([N+](=O)[O-])c1. The number of aliphatic hydroxyl groups is 1. The molecule has 0 spiro atoms. The van der Waals surface area contributed by atoms with Crippen molar-refractivity contribution in [1.29, 1.82) is 0 Å². The van der Waals surface area contributed by atoms with E-state index in [1.165, 1.54) is 24.3 Å². The molecule has 0 aliphatic carbocycles. The van der Waals surface area contributed by atoms with Crippen molar-refractivity contribution in [3.05, 3.63) is 58.1 Å². The first-order valence-electron chi connectivity index (χ1n) is 8.55. The van der Waals surface area contributed by atoms with Crippen LogP contribution in [-0.2, 0) is 10.0 Å². The van der Waals surface area contributed by atoms with Crippen molar-refractivity contribution in [1.82, 2.24) is 4.72 Å². The lowest BCUT2D eigenvalue weighted by atomic mass is 10.0. The summed E-state index contributed by atoms with van der Waals surface area (Å²) in [5, 5.41) is 34.1. The first-order chi connectivity index (χ1) is 13.0. The Morgan fingerprint density at radius 3 is 2.21 bits per heavy atom. The van der Waals surface area contributed by atoms with E-state index in [9.17, 15) is 28.7 Å². The summed E-state index contributed by atoms with van der Waals surface area (Å²) in [5.41, 5.74) is 0.177. The van der Waals surface area contributed by atoms with Gasteiger partial charge in [-0.2, -0.15) is 0 Å². The summed E-state index contributed by atoms with van der Waals surface area (Å²) < 4.78 is 26.9. The molecule has 0 aromatic heterocycles. The normalized spacial score (nSPS) is 13.9. The van der Waals surface area contributed by atoms with Crippen LogP contribution >= 0.6 is 0 Å². The topological polar surface area (TPSA) is 142 Å². The molecule has 152 valence electrons. The molecular weight excluding hydrogens is 386 g/mol. The fourth-order valence-corrected chi connectivity index (χ4v) is 3.89. The second kappa shape index (κ2) is 8.55. The lowest BCUT2D eigenvalue weighted by molar-refractivity contribution is -0.384. The highest BCUT2D eigenvalue weighted by molar-refractivity contribution is 7.89. The van der Waals surface area contributed by atoms with Crippen molar-refractivity contribution >= 4 is 21.4 Å². The van der Waals surface area contributed by atoms with E-state index in [1.807, 2.05) is 0 Å². The number of phenols is 1. The van der Waals surface area contributed by atoms with Gasteiger partial charge in [-0.05, 0) is 50.6 Å². The Hall–Kier alpha value is -2.69. The van der Waals surface area contributed by atoms with Gasteiger partial charge in [0.2, 0.25) is 10.0 Å². The van der Waals surface area contributed by atoms with Crippen molar-refractivity contribution in [3.63, 3.8) is 0 Å². The number of aliphatic hydroxyl groups excluding tert-OH is 1. The first-order valence-corrected chi connectivity index (χ1v) is 10.0. The van der Waals surface area contributed by atoms with Gasteiger partial charge in [-0.1, -0.05) is 12.1 Å². The van der Waals surface area contributed by atoms with E-state index in [2.05, 4.69) is 10.0 Å². The van der Waals surface area contributed by atoms with Crippen LogP contribution in [-0.4, -0.2) is 35.6 Å². The minimum atomic E-state index is -3.88. The lowest BCUT2D eigenvalue weighted by Crippen LogP contribution is -2.30. The highest BCUT2D eigenvalue weighted by atomic mass is 32.2. The van der Waals surface area contributed by atoms with Crippen LogP contribution < -0.4 is 10.0 Å². The van der Waals surface area contributed by atoms with Gasteiger partial charge in [0.15, 0.2) is 0 Å². The number of hydrogen-bond donors (Lipinski definition) is 4. The number of nitrogens with one attached hydrogen (secondary N) is 2. The molecule has 4 N–H and O–H groups in total. The van der Waals surface area contributed by atoms with Gasteiger partial charge < -0.3 is 15.5 Å². The van der Waals surface area contributed by atoms with Gasteiger partial charge >= 0.3 is 0 Å². The molecule has 0 saturated carbocycles. The molecule has 0 unspecified atom stereocenters. The number of nitro benzene ring substituents is 1. The van der Waals surface area contributed by atoms with Gasteiger partial charge in [0, 0.05) is 12.1 Å². The van der Waals surface area contributed by atoms with Crippen LogP contribution in [0.2, 0.25) is 0 Å². The molecule has 0 amide bonds. The quantitative estimate of drug-likeness (QED) is 0.388. The van der Waals surface area contributed by atoms with Crippen LogP contribution in [0, 0.1) is 10.1 Å². The zero-order chi connectivity index (χ0) is 21.1. The third kappa shape index (κ3) is 5.18. The number of benzene rings is 2. The summed E-state index contributed by atoms with van der Waals surface area (Å²) in [6, 6.07) is 8.49. The van der Waals surface area contributed by atoms with Gasteiger partial charge in [-0.25, -0.2) is 13.1 Å². The Labute approximate surface area is 163 Å². The average molecular weight is 409 g/mol. The van der Waals surface area contributed by atoms with E-state index in [1.54, 1.807) is 32.9 Å². The van der Waals surface area contributed by atoms with Gasteiger partial charge in [0.25, 0.3) is 5.69 Å². The molecule has 0 heterocycles. The zero-order valence-corrected chi connectivity index (χ0v) is 16.5. The summed E-state index contributed by atoms with van der Waals surface area (Å²) in [4.78, 5) is 10.5. The Balaban J connectivity index is 2.30. The molecule has 9 nitrogen and oxygen atoms in total. The number of sulfonamides is 1. The average Bonchev–Trinajstić information content (AvgIpc) is 2.60. The standard InChI is InChI=1S/C18H23N3O6S/c1-11(2)20-28(26,27)15-8-9-16(17(10-15)21(24)25)19-12(3)18(23)13-4-6-14(22)7-5-13/h4-12,18-20,22-23H,1-3H3/t12-,18+/m1/s1. The molecule has 2 atom stereocenters. The predicted molar refractivity (Wildman–Crippen MR) is 105 cm³/mol. The molecule has 0 bridgehead atoms. The van der Waals surface area contributed by atoms with Gasteiger partial charge in [-0.3, -0.25) is 10.1 Å². The molecule has 0 aliphatic rings. The zero-order valence-electron chi connectivity index (χ0n) is 15.7. The maximum atomic E-state index is 12.3. The minimum Gasteiger partial charge on any atom is -0.508 e. The van der Waals surface area contributed by atoms with Crippen LogP contribution in [0.15, 0.2) is 47.4 Å². The van der Waals surface area contributed by atoms with E-state index in [0.717, 1.165) is 6.07 Å². The summed E-state index contributed by atoms with van der Waals surface area (Å²) in [6.45, 7) is 4.93. The molecule has 28 heavy (non-hydrogen) atoms. The van der Waals surface area contributed by atoms with Crippen molar-refractivity contribution in [2.45, 2.75) is 43.9 Å². The lowest BCUT2D eigenvalue weighted by Gasteiger charge is -2.22. The van der Waals surface area contributed by atoms with E-state index in [-0.39, 0.29) is 22.4 Å². The molecule has 10 heteroatoms. The molecule has 0 aliphatic heterocycles. The first kappa shape index (κ1) is 21.6. The number of rotatable bonds is 8. The van der Waals surface area contributed by atoms with Crippen LogP contribution in [0.3, 0.4) is 0 Å². The Morgan fingerprint density at radius 2 is 1.68 bits per heavy atom. The molecule has 0 saturated heterocycles. The predicted octanol–water partition coefficient (Wildman–Crippen LogP) is 2.52. The highest BCUT2D eigenvalue weighted by Crippen LogP contribution is 2.30. The summed E-state index contributed by atoms with van der Waals surface area (Å²) in [7, 11) is -3.88. The number of aromatic hydroxyl groups is 1. The fraction of sp³-hybridized carbons (Fsp3) is 0.333. The van der Waals surface area contributed by atoms with Crippen LogP contribution in [0.25, 0.3) is 0 Å². The smallest absolute Gasteiger partial charge is 0.293 e. The largest absolute Gasteiger partial charge is 0.508 e. The number of nitro groups is 1. The third-order valence-corrected chi connectivity index (χ3v) is 5.61. The highest BCUT2D eigenvalue weighted by Gasteiger charge is 2.24. The Morgan fingerprint density at radius 1 is 1.07 bits per heavy atom. The molecule has 2 aromatic carbocycles. The second-order valence-corrected chi connectivity index (χ2v) is 8.40. The minimum absolute atomic E-state index is 0.0546. The summed E-state index contributed by atoms with van der Waals surface area (Å²) >= 11 is 0. The van der Waals surface area contributed by atoms with Gasteiger partial charge in [0.1, 0.15) is 11.4 Å². The monoisotopic (exact) mass is 409 g/mol. The van der Waals surface area contributed by atoms with Crippen LogP contribution in [0.4, 0.5) is 11.4 Å². The van der Waals surface area contributed by atoms with Gasteiger partial charge in [-0.15, -0.1) is 0 Å². The van der Waals surface area contributed by atoms with Crippen molar-refractivity contribution in [2.24, 2.45) is 0 Å². The van der Waals surface area contributed by atoms with E-state index >= 15 is 0 Å². The maximum absolute atomic E-state index is 12.3. The van der Waals surface area contributed by atoms with E-state index < -0.39 is 32.8 Å². The van der Waals surface area contributed by atoms with Crippen LogP contribution in [0.5, 0.6) is 5.75 Å². The van der Waals surface area contributed by atoms with Gasteiger partial charge in [0.05, 0.1) is 22.0 Å². The second-order valence-electron chi connectivity index (χ2n) is 6.68. The fourth-order valence-electron chi connectivity index (χ4n) is 2.61. The van der Waals surface area contributed by atoms with Crippen molar-refractivity contribution in [3.8, 4) is 5.75 Å². The number of anilines is 1. The Kier molecular flexibility index (Phi) is 6.60. The Bertz CT molecular complexity index is 944. The summed E-state index contributed by atoms with van der Waals surface area (Å²) in [5.74, 6) is 0.0546. The van der Waals surface area contributed by atoms with Crippen molar-refractivity contribution < 1.29 is 23.6 Å². The molecule has 0 fully saturated rings. The molecule has 2 rings (SSSR count).